The minimum Gasteiger partial charge on any atom is -0.519 e. The summed E-state index contributed by atoms with van der Waals surface area (Å²) in [4.78, 5) is 0. The van der Waals surface area contributed by atoms with Gasteiger partial charge in [-0.15, -0.1) is 6.42 Å². The van der Waals surface area contributed by atoms with Crippen molar-refractivity contribution in [3.05, 3.63) is 31.0 Å². The molecule has 0 aliphatic heterocycles. The predicted molar refractivity (Wildman–Crippen MR) is 25.9 cm³/mol. The van der Waals surface area contributed by atoms with E-state index in [1.54, 1.807) is 6.08 Å². The van der Waals surface area contributed by atoms with Gasteiger partial charge < -0.3 is 12.3 Å². The first-order valence-electron chi connectivity index (χ1n) is 1.73. The van der Waals surface area contributed by atoms with Crippen LogP contribution in [0.5, 0.6) is 0 Å². The van der Waals surface area contributed by atoms with E-state index in [1.807, 2.05) is 0 Å². The van der Waals surface area contributed by atoms with Gasteiger partial charge in [0.2, 0.25) is 0 Å². The smallest absolute Gasteiger partial charge is 0.519 e. The zero-order valence-electron chi connectivity index (χ0n) is 4.02. The van der Waals surface area contributed by atoms with Crippen molar-refractivity contribution in [1.82, 2.24) is 0 Å². The molecule has 0 saturated heterocycles. The standard InChI is InChI=1S/C6H6.Zr/c1-3-5-6-4-2;/h1-3,6H,5H2;/q-2;+2. The van der Waals surface area contributed by atoms with Crippen LogP contribution in [-0.2, 0) is 26.2 Å². The normalized spacial score (nSPS) is 5.14. The van der Waals surface area contributed by atoms with Crippen LogP contribution in [-0.4, -0.2) is 0 Å². The van der Waals surface area contributed by atoms with Crippen molar-refractivity contribution in [2.24, 2.45) is 0 Å². The van der Waals surface area contributed by atoms with Crippen LogP contribution in [0, 0.1) is 13.2 Å². The largest absolute Gasteiger partial charge is 2.00 e. The maximum Gasteiger partial charge on any atom is 2.00 e. The summed E-state index contributed by atoms with van der Waals surface area (Å²) in [6.45, 7) is 9.80. The minimum atomic E-state index is 0. The fraction of sp³-hybridized carbons (Fsp3) is 0.167. The molecule has 0 saturated carbocycles. The van der Waals surface area contributed by atoms with Crippen molar-refractivity contribution >= 4 is 0 Å². The molecular weight excluding hydrogens is 163 g/mol. The summed E-state index contributed by atoms with van der Waals surface area (Å²) in [5, 5.41) is 0. The first kappa shape index (κ1) is 10.2. The number of hydrogen-bond donors (Lipinski definition) is 0. The van der Waals surface area contributed by atoms with Crippen LogP contribution in [0.1, 0.15) is 6.42 Å². The van der Waals surface area contributed by atoms with Gasteiger partial charge in [-0.3, -0.25) is 6.08 Å². The molecule has 0 nitrogen and oxygen atoms in total. The van der Waals surface area contributed by atoms with E-state index in [2.05, 4.69) is 5.73 Å². The predicted octanol–water partition coefficient (Wildman–Crippen LogP) is 1.51. The van der Waals surface area contributed by atoms with Crippen molar-refractivity contribution in [2.45, 2.75) is 6.42 Å². The third-order valence-electron chi connectivity index (χ3n) is 0.372. The number of rotatable bonds is 2. The van der Waals surface area contributed by atoms with Crippen molar-refractivity contribution in [2.75, 3.05) is 0 Å². The second-order valence-corrected chi connectivity index (χ2v) is 0.842. The van der Waals surface area contributed by atoms with E-state index in [9.17, 15) is 0 Å². The molecule has 0 spiro atoms. The maximum absolute atomic E-state index is 4.96. The van der Waals surface area contributed by atoms with E-state index >= 15 is 0 Å². The molecule has 0 aromatic carbocycles. The molecule has 0 amide bonds. The van der Waals surface area contributed by atoms with E-state index in [0.29, 0.717) is 6.42 Å². The monoisotopic (exact) mass is 168 g/mol. The van der Waals surface area contributed by atoms with Gasteiger partial charge in [0.05, 0.1) is 0 Å². The summed E-state index contributed by atoms with van der Waals surface area (Å²) in [6.07, 6.45) is 3.87. The molecule has 0 aromatic heterocycles. The van der Waals surface area contributed by atoms with Crippen LogP contribution in [0.3, 0.4) is 0 Å². The molecule has 0 rings (SSSR count). The molecule has 0 fully saturated rings. The van der Waals surface area contributed by atoms with Crippen molar-refractivity contribution in [1.29, 1.82) is 0 Å². The van der Waals surface area contributed by atoms with Gasteiger partial charge in [-0.1, -0.05) is 0 Å². The van der Waals surface area contributed by atoms with E-state index in [0.717, 1.165) is 0 Å². The average molecular weight is 169 g/mol. The summed E-state index contributed by atoms with van der Waals surface area (Å²) in [5.41, 5.74) is 2.33. The summed E-state index contributed by atoms with van der Waals surface area (Å²) >= 11 is 0. The third-order valence-corrected chi connectivity index (χ3v) is 0.372. The Morgan fingerprint density at radius 1 is 1.57 bits per heavy atom. The Kier molecular flexibility index (Phi) is 13.8. The molecule has 0 aromatic rings. The van der Waals surface area contributed by atoms with Crippen molar-refractivity contribution < 1.29 is 26.2 Å². The molecule has 0 bridgehead atoms. The van der Waals surface area contributed by atoms with Gasteiger partial charge in [-0.2, -0.15) is 6.08 Å². The van der Waals surface area contributed by atoms with Gasteiger partial charge >= 0.3 is 26.2 Å². The van der Waals surface area contributed by atoms with Crippen molar-refractivity contribution in [3.63, 3.8) is 0 Å². The minimum absolute atomic E-state index is 0. The van der Waals surface area contributed by atoms with Gasteiger partial charge in [-0.05, 0) is 0 Å². The zero-order valence-corrected chi connectivity index (χ0v) is 6.47. The van der Waals surface area contributed by atoms with E-state index in [4.69, 9.17) is 13.2 Å². The maximum atomic E-state index is 4.96. The molecule has 0 N–H and O–H groups in total. The third kappa shape index (κ3) is 10.7. The van der Waals surface area contributed by atoms with Crippen LogP contribution < -0.4 is 0 Å². The van der Waals surface area contributed by atoms with Gasteiger partial charge in [-0.25, -0.2) is 6.58 Å². The Hall–Kier alpha value is 0.143. The second-order valence-electron chi connectivity index (χ2n) is 0.842. The van der Waals surface area contributed by atoms with Crippen molar-refractivity contribution in [3.8, 4) is 0 Å². The Balaban J connectivity index is 0. The van der Waals surface area contributed by atoms with E-state index in [-0.39, 0.29) is 26.2 Å². The zero-order chi connectivity index (χ0) is 4.83. The molecule has 0 atom stereocenters. The summed E-state index contributed by atoms with van der Waals surface area (Å²) in [7, 11) is 0. The van der Waals surface area contributed by atoms with E-state index in [1.165, 1.54) is 6.08 Å². The molecular formula is C6H6Zr. The van der Waals surface area contributed by atoms with Crippen LogP contribution in [0.2, 0.25) is 0 Å². The van der Waals surface area contributed by atoms with Gasteiger partial charge in [0.1, 0.15) is 0 Å². The topological polar surface area (TPSA) is 0 Å². The molecule has 0 aliphatic carbocycles. The Morgan fingerprint density at radius 3 is 2.29 bits per heavy atom. The SMILES string of the molecule is [CH-]=C=CCC=[CH-].[Zr+2]. The molecule has 0 radical (unpaired) electrons. The first-order valence-corrected chi connectivity index (χ1v) is 1.73. The Bertz CT molecular complexity index is 78.2. The summed E-state index contributed by atoms with van der Waals surface area (Å²) in [5.74, 6) is 0. The molecule has 7 heavy (non-hydrogen) atoms. The van der Waals surface area contributed by atoms with Crippen LogP contribution >= 0.6 is 0 Å². The van der Waals surface area contributed by atoms with Gasteiger partial charge in [0.25, 0.3) is 0 Å². The molecule has 0 heterocycles. The van der Waals surface area contributed by atoms with Crippen LogP contribution in [0.25, 0.3) is 0 Å². The summed E-state index contributed by atoms with van der Waals surface area (Å²) in [6, 6.07) is 0. The van der Waals surface area contributed by atoms with Gasteiger partial charge in [0.15, 0.2) is 0 Å². The summed E-state index contributed by atoms with van der Waals surface area (Å²) < 4.78 is 0. The molecule has 0 aliphatic rings. The Morgan fingerprint density at radius 2 is 2.14 bits per heavy atom. The average Bonchev–Trinajstić information content (AvgIpc) is 1.61. The molecule has 0 unspecified atom stereocenters. The quantitative estimate of drug-likeness (QED) is 0.434. The van der Waals surface area contributed by atoms with Crippen LogP contribution in [0.4, 0.5) is 0 Å². The number of hydrogen-bond acceptors (Lipinski definition) is 0. The Labute approximate surface area is 63.7 Å². The fourth-order valence-corrected chi connectivity index (χ4v) is 0.136. The molecule has 1 heteroatoms. The number of allylic oxidation sites excluding steroid dienone is 2. The van der Waals surface area contributed by atoms with Gasteiger partial charge in [0, 0.05) is 0 Å². The van der Waals surface area contributed by atoms with Crippen LogP contribution in [0.15, 0.2) is 17.9 Å². The van der Waals surface area contributed by atoms with E-state index < -0.39 is 0 Å². The second kappa shape index (κ2) is 9.47. The fourth-order valence-electron chi connectivity index (χ4n) is 0.136. The first-order chi connectivity index (χ1) is 2.91. The molecule has 34 valence electrons.